The van der Waals surface area contributed by atoms with E-state index in [2.05, 4.69) is 5.32 Å². The number of hydrogen-bond donors (Lipinski definition) is 1. The fraction of sp³-hybridized carbons (Fsp3) is 0.588. The van der Waals surface area contributed by atoms with Crippen LogP contribution < -0.4 is 19.1 Å². The van der Waals surface area contributed by atoms with Gasteiger partial charge in [0.25, 0.3) is 0 Å². The molecule has 0 aliphatic heterocycles. The number of nitrogens with one attached hydrogen (secondary N) is 1. The topological polar surface area (TPSA) is 84.9 Å². The minimum atomic E-state index is -3.74. The van der Waals surface area contributed by atoms with Crippen molar-refractivity contribution in [3.8, 4) is 11.5 Å². The summed E-state index contributed by atoms with van der Waals surface area (Å²) in [6.07, 6.45) is 1.06. The van der Waals surface area contributed by atoms with Crippen LogP contribution >= 0.6 is 0 Å². The predicted molar refractivity (Wildman–Crippen MR) is 98.8 cm³/mol. The molecule has 0 aliphatic carbocycles. The lowest BCUT2D eigenvalue weighted by Gasteiger charge is -2.31. The van der Waals surface area contributed by atoms with Crippen molar-refractivity contribution in [1.29, 1.82) is 0 Å². The first-order valence-corrected chi connectivity index (χ1v) is 9.89. The van der Waals surface area contributed by atoms with Crippen molar-refractivity contribution in [1.82, 2.24) is 5.32 Å². The molecule has 0 fully saturated rings. The fourth-order valence-electron chi connectivity index (χ4n) is 2.26. The summed E-state index contributed by atoms with van der Waals surface area (Å²) in [5, 5.41) is 2.85. The molecule has 25 heavy (non-hydrogen) atoms. The largest absolute Gasteiger partial charge is 0.497 e. The van der Waals surface area contributed by atoms with Crippen LogP contribution in [0.1, 0.15) is 27.7 Å². The first-order chi connectivity index (χ1) is 11.5. The molecule has 1 N–H and O–H groups in total. The average Bonchev–Trinajstić information content (AvgIpc) is 2.53. The average molecular weight is 372 g/mol. The molecule has 8 heteroatoms. The maximum Gasteiger partial charge on any atom is 0.243 e. The fourth-order valence-corrected chi connectivity index (χ4v) is 3.43. The molecule has 0 unspecified atom stereocenters. The van der Waals surface area contributed by atoms with Crippen LogP contribution in [0.3, 0.4) is 0 Å². The molecule has 1 aromatic carbocycles. The van der Waals surface area contributed by atoms with E-state index in [1.165, 1.54) is 20.3 Å². The minimum Gasteiger partial charge on any atom is -0.497 e. The summed E-state index contributed by atoms with van der Waals surface area (Å²) in [4.78, 5) is 12.6. The molecule has 1 amide bonds. The first kappa shape index (κ1) is 21.1. The zero-order valence-electron chi connectivity index (χ0n) is 15.9. The van der Waals surface area contributed by atoms with Gasteiger partial charge in [-0.15, -0.1) is 0 Å². The lowest BCUT2D eigenvalue weighted by atomic mass is 10.1. The van der Waals surface area contributed by atoms with Crippen LogP contribution in [0.2, 0.25) is 0 Å². The molecule has 1 rings (SSSR count). The number of ether oxygens (including phenoxy) is 2. The Hall–Kier alpha value is -1.96. The molecule has 0 heterocycles. The standard InChI is InChI=1S/C17H28N2O5S/c1-11(2)12(3)18-17(20)13(4)19(25(7,21)22)15-10-14(23-5)8-9-16(15)24-6/h8-13H,1-7H3,(H,18,20)/t12-,13+/m1/s1. The van der Waals surface area contributed by atoms with Crippen LogP contribution in [0.15, 0.2) is 18.2 Å². The molecule has 0 radical (unpaired) electrons. The Morgan fingerprint density at radius 3 is 2.16 bits per heavy atom. The number of anilines is 1. The number of rotatable bonds is 8. The Morgan fingerprint density at radius 1 is 1.12 bits per heavy atom. The second-order valence-electron chi connectivity index (χ2n) is 6.31. The molecule has 7 nitrogen and oxygen atoms in total. The van der Waals surface area contributed by atoms with Crippen molar-refractivity contribution in [2.45, 2.75) is 39.8 Å². The quantitative estimate of drug-likeness (QED) is 0.755. The Balaban J connectivity index is 3.34. The molecule has 2 atom stereocenters. The molecule has 0 aliphatic rings. The predicted octanol–water partition coefficient (Wildman–Crippen LogP) is 2.02. The summed E-state index contributed by atoms with van der Waals surface area (Å²) < 4.78 is 36.3. The number of methoxy groups -OCH3 is 2. The lowest BCUT2D eigenvalue weighted by Crippen LogP contribution is -2.50. The Labute approximate surface area is 150 Å². The van der Waals surface area contributed by atoms with Crippen molar-refractivity contribution in [3.05, 3.63) is 18.2 Å². The van der Waals surface area contributed by atoms with Gasteiger partial charge in [-0.2, -0.15) is 0 Å². The number of benzene rings is 1. The van der Waals surface area contributed by atoms with E-state index in [1.54, 1.807) is 19.1 Å². The molecule has 0 saturated carbocycles. The minimum absolute atomic E-state index is 0.0800. The number of carbonyl (C=O) groups is 1. The molecule has 1 aromatic rings. The van der Waals surface area contributed by atoms with E-state index in [-0.39, 0.29) is 23.6 Å². The van der Waals surface area contributed by atoms with Crippen molar-refractivity contribution in [3.63, 3.8) is 0 Å². The van der Waals surface area contributed by atoms with Crippen LogP contribution in [-0.4, -0.2) is 46.9 Å². The summed E-state index contributed by atoms with van der Waals surface area (Å²) in [5.74, 6) is 0.654. The summed E-state index contributed by atoms with van der Waals surface area (Å²) >= 11 is 0. The van der Waals surface area contributed by atoms with Gasteiger partial charge in [-0.05, 0) is 31.9 Å². The highest BCUT2D eigenvalue weighted by Crippen LogP contribution is 2.35. The molecular weight excluding hydrogens is 344 g/mol. The summed E-state index contributed by atoms with van der Waals surface area (Å²) in [7, 11) is -0.814. The van der Waals surface area contributed by atoms with E-state index in [1.807, 2.05) is 20.8 Å². The zero-order chi connectivity index (χ0) is 19.4. The molecule has 0 aromatic heterocycles. The Bertz CT molecular complexity index is 703. The summed E-state index contributed by atoms with van der Waals surface area (Å²) in [6.45, 7) is 7.39. The van der Waals surface area contributed by atoms with Gasteiger partial charge in [0.1, 0.15) is 17.5 Å². The van der Waals surface area contributed by atoms with Gasteiger partial charge in [0.15, 0.2) is 0 Å². The number of nitrogens with zero attached hydrogens (tertiary/aromatic N) is 1. The van der Waals surface area contributed by atoms with Gasteiger partial charge in [-0.3, -0.25) is 9.10 Å². The van der Waals surface area contributed by atoms with Gasteiger partial charge >= 0.3 is 0 Å². The van der Waals surface area contributed by atoms with Crippen LogP contribution in [0.5, 0.6) is 11.5 Å². The Morgan fingerprint density at radius 2 is 1.72 bits per heavy atom. The van der Waals surface area contributed by atoms with Crippen molar-refractivity contribution >= 4 is 21.6 Å². The van der Waals surface area contributed by atoms with Crippen LogP contribution in [0.4, 0.5) is 5.69 Å². The van der Waals surface area contributed by atoms with E-state index in [0.29, 0.717) is 11.5 Å². The van der Waals surface area contributed by atoms with Gasteiger partial charge in [-0.25, -0.2) is 8.42 Å². The third kappa shape index (κ3) is 5.26. The van der Waals surface area contributed by atoms with E-state index >= 15 is 0 Å². The van der Waals surface area contributed by atoms with Crippen molar-refractivity contribution < 1.29 is 22.7 Å². The van der Waals surface area contributed by atoms with Crippen molar-refractivity contribution in [2.75, 3.05) is 24.8 Å². The van der Waals surface area contributed by atoms with E-state index in [0.717, 1.165) is 10.6 Å². The second-order valence-corrected chi connectivity index (χ2v) is 8.17. The van der Waals surface area contributed by atoms with Crippen LogP contribution in [-0.2, 0) is 14.8 Å². The maximum atomic E-state index is 12.6. The van der Waals surface area contributed by atoms with Crippen LogP contribution in [0.25, 0.3) is 0 Å². The number of amides is 1. The summed E-state index contributed by atoms with van der Waals surface area (Å²) in [6, 6.07) is 3.78. The Kier molecular flexibility index (Phi) is 7.10. The highest BCUT2D eigenvalue weighted by atomic mass is 32.2. The van der Waals surface area contributed by atoms with Crippen molar-refractivity contribution in [2.24, 2.45) is 5.92 Å². The van der Waals surface area contributed by atoms with E-state index in [9.17, 15) is 13.2 Å². The maximum absolute atomic E-state index is 12.6. The third-order valence-corrected chi connectivity index (χ3v) is 5.31. The highest BCUT2D eigenvalue weighted by Gasteiger charge is 2.32. The SMILES string of the molecule is COc1ccc(OC)c(N([C@@H](C)C(=O)N[C@H](C)C(C)C)S(C)(=O)=O)c1. The van der Waals surface area contributed by atoms with Gasteiger partial charge in [0.05, 0.1) is 26.2 Å². The second kappa shape index (κ2) is 8.42. The third-order valence-electron chi connectivity index (χ3n) is 4.08. The number of carbonyl (C=O) groups excluding carboxylic acids is 1. The number of sulfonamides is 1. The molecule has 142 valence electrons. The lowest BCUT2D eigenvalue weighted by molar-refractivity contribution is -0.122. The summed E-state index contributed by atoms with van der Waals surface area (Å²) in [5.41, 5.74) is 0.254. The molecular formula is C17H28N2O5S. The first-order valence-electron chi connectivity index (χ1n) is 8.04. The zero-order valence-corrected chi connectivity index (χ0v) is 16.7. The van der Waals surface area contributed by atoms with Crippen LogP contribution in [0, 0.1) is 5.92 Å². The smallest absolute Gasteiger partial charge is 0.243 e. The van der Waals surface area contributed by atoms with Gasteiger partial charge in [0, 0.05) is 12.1 Å². The monoisotopic (exact) mass is 372 g/mol. The van der Waals surface area contributed by atoms with Gasteiger partial charge in [0.2, 0.25) is 15.9 Å². The van der Waals surface area contributed by atoms with E-state index in [4.69, 9.17) is 9.47 Å². The normalized spacial score (nSPS) is 13.9. The van der Waals surface area contributed by atoms with Gasteiger partial charge < -0.3 is 14.8 Å². The van der Waals surface area contributed by atoms with E-state index < -0.39 is 16.1 Å². The van der Waals surface area contributed by atoms with Gasteiger partial charge in [-0.1, -0.05) is 13.8 Å². The molecule has 0 bridgehead atoms. The number of hydrogen-bond acceptors (Lipinski definition) is 5. The molecule has 0 saturated heterocycles. The highest BCUT2D eigenvalue weighted by molar-refractivity contribution is 7.92. The molecule has 0 spiro atoms.